The zero-order valence-electron chi connectivity index (χ0n) is 10.5. The van der Waals surface area contributed by atoms with Crippen molar-refractivity contribution in [2.24, 2.45) is 0 Å². The van der Waals surface area contributed by atoms with Crippen molar-refractivity contribution in [1.29, 1.82) is 0 Å². The molecule has 0 atom stereocenters. The Morgan fingerprint density at radius 1 is 1.50 bits per heavy atom. The Kier molecular flexibility index (Phi) is 3.25. The summed E-state index contributed by atoms with van der Waals surface area (Å²) in [5.41, 5.74) is 1.10. The van der Waals surface area contributed by atoms with Crippen LogP contribution in [0.5, 0.6) is 0 Å². The lowest BCUT2D eigenvalue weighted by molar-refractivity contribution is 0.0926. The fourth-order valence-electron chi connectivity index (χ4n) is 2.12. The lowest BCUT2D eigenvalue weighted by Crippen LogP contribution is -2.35. The van der Waals surface area contributed by atoms with E-state index in [1.165, 1.54) is 11.3 Å². The summed E-state index contributed by atoms with van der Waals surface area (Å²) in [7, 11) is 0. The highest BCUT2D eigenvalue weighted by Crippen LogP contribution is 2.46. The molecule has 100 valence electrons. The van der Waals surface area contributed by atoms with Gasteiger partial charge in [0.1, 0.15) is 5.69 Å². The Morgan fingerprint density at radius 3 is 2.90 bits per heavy atom. The third-order valence-corrected chi connectivity index (χ3v) is 4.35. The second kappa shape index (κ2) is 4.93. The molecule has 1 aromatic heterocycles. The lowest BCUT2D eigenvalue weighted by Gasteiger charge is -2.17. The van der Waals surface area contributed by atoms with Crippen LogP contribution in [0.15, 0.2) is 29.6 Å². The van der Waals surface area contributed by atoms with Crippen LogP contribution < -0.4 is 5.32 Å². The average molecular weight is 303 g/mol. The maximum Gasteiger partial charge on any atom is 0.271 e. The highest BCUT2D eigenvalue weighted by molar-refractivity contribution is 7.10. The van der Waals surface area contributed by atoms with Crippen LogP contribution in [0, 0.1) is 12.3 Å². The predicted molar refractivity (Wildman–Crippen MR) is 79.9 cm³/mol. The van der Waals surface area contributed by atoms with Crippen LogP contribution in [-0.2, 0) is 5.54 Å². The van der Waals surface area contributed by atoms with Gasteiger partial charge >= 0.3 is 0 Å². The fraction of sp³-hybridized carbons (Fsp3) is 0.200. The Balaban J connectivity index is 1.80. The Hall–Kier alpha value is -1.83. The number of halogens is 1. The van der Waals surface area contributed by atoms with Gasteiger partial charge in [-0.15, -0.1) is 17.8 Å². The second-order valence-corrected chi connectivity index (χ2v) is 6.02. The number of rotatable bonds is 3. The number of amides is 1. The van der Waals surface area contributed by atoms with E-state index in [0.717, 1.165) is 18.4 Å². The summed E-state index contributed by atoms with van der Waals surface area (Å²) in [6, 6.07) is 7.58. The number of hydrogen-bond donors (Lipinski definition) is 1. The van der Waals surface area contributed by atoms with Gasteiger partial charge in [0.25, 0.3) is 5.91 Å². The van der Waals surface area contributed by atoms with Crippen molar-refractivity contribution in [3.8, 4) is 12.3 Å². The van der Waals surface area contributed by atoms with Crippen molar-refractivity contribution in [3.05, 3.63) is 50.9 Å². The van der Waals surface area contributed by atoms with E-state index in [1.807, 2.05) is 24.3 Å². The summed E-state index contributed by atoms with van der Waals surface area (Å²) in [4.78, 5) is 16.3. The first-order valence-electron chi connectivity index (χ1n) is 6.14. The van der Waals surface area contributed by atoms with Crippen molar-refractivity contribution < 1.29 is 4.79 Å². The van der Waals surface area contributed by atoms with E-state index in [1.54, 1.807) is 5.38 Å². The van der Waals surface area contributed by atoms with E-state index in [-0.39, 0.29) is 11.4 Å². The minimum atomic E-state index is -0.304. The van der Waals surface area contributed by atoms with Crippen molar-refractivity contribution in [3.63, 3.8) is 0 Å². The predicted octanol–water partition coefficient (Wildman–Crippen LogP) is 3.20. The molecule has 0 unspecified atom stereocenters. The van der Waals surface area contributed by atoms with Gasteiger partial charge in [-0.05, 0) is 36.5 Å². The molecule has 0 bridgehead atoms. The smallest absolute Gasteiger partial charge is 0.271 e. The van der Waals surface area contributed by atoms with Crippen LogP contribution in [0.2, 0.25) is 5.02 Å². The van der Waals surface area contributed by atoms with Crippen molar-refractivity contribution in [2.75, 3.05) is 0 Å². The van der Waals surface area contributed by atoms with Crippen molar-refractivity contribution in [1.82, 2.24) is 10.3 Å². The first-order chi connectivity index (χ1) is 9.63. The zero-order chi connectivity index (χ0) is 14.2. The van der Waals surface area contributed by atoms with E-state index < -0.39 is 0 Å². The molecule has 1 aromatic carbocycles. The Bertz CT molecular complexity index is 713. The van der Waals surface area contributed by atoms with E-state index >= 15 is 0 Å². The number of carbonyl (C=O) groups is 1. The van der Waals surface area contributed by atoms with E-state index in [0.29, 0.717) is 15.7 Å². The third-order valence-electron chi connectivity index (χ3n) is 3.34. The molecule has 0 saturated heterocycles. The molecule has 1 aliphatic carbocycles. The molecule has 1 fully saturated rings. The molecule has 0 radical (unpaired) electrons. The molecule has 3 nitrogen and oxygen atoms in total. The molecule has 3 rings (SSSR count). The summed E-state index contributed by atoms with van der Waals surface area (Å²) in [6.45, 7) is 0. The Labute approximate surface area is 126 Å². The highest BCUT2D eigenvalue weighted by Gasteiger charge is 2.46. The number of benzene rings is 1. The summed E-state index contributed by atoms with van der Waals surface area (Å²) in [6.07, 6.45) is 7.08. The average Bonchev–Trinajstić information content (AvgIpc) is 3.06. The molecular formula is C15H11ClN2OS. The first kappa shape index (κ1) is 13.2. The maximum absolute atomic E-state index is 12.2. The number of nitrogens with zero attached hydrogens (tertiary/aromatic N) is 1. The normalized spacial score (nSPS) is 15.4. The number of carbonyl (C=O) groups excluding carboxylic acids is 1. The number of nitrogens with one attached hydrogen (secondary N) is 1. The number of thiazole rings is 1. The minimum Gasteiger partial charge on any atom is -0.341 e. The number of hydrogen-bond acceptors (Lipinski definition) is 3. The van der Waals surface area contributed by atoms with Crippen molar-refractivity contribution in [2.45, 2.75) is 18.4 Å². The van der Waals surface area contributed by atoms with Gasteiger partial charge in [0.2, 0.25) is 0 Å². The lowest BCUT2D eigenvalue weighted by atomic mass is 10.0. The highest BCUT2D eigenvalue weighted by atomic mass is 35.5. The summed E-state index contributed by atoms with van der Waals surface area (Å²) in [5, 5.41) is 5.91. The Morgan fingerprint density at radius 2 is 2.30 bits per heavy atom. The van der Waals surface area contributed by atoms with Crippen LogP contribution in [-0.4, -0.2) is 10.9 Å². The molecule has 2 aromatic rings. The van der Waals surface area contributed by atoms with E-state index in [2.05, 4.69) is 16.2 Å². The van der Waals surface area contributed by atoms with Crippen LogP contribution in [0.1, 0.15) is 33.9 Å². The molecule has 20 heavy (non-hydrogen) atoms. The quantitative estimate of drug-likeness (QED) is 0.885. The molecule has 0 spiro atoms. The largest absolute Gasteiger partial charge is 0.341 e. The van der Waals surface area contributed by atoms with Gasteiger partial charge in [-0.3, -0.25) is 4.79 Å². The standard InChI is InChI=1S/C15H11ClN2OS/c1-2-13-17-12(9-20-13)14(19)18-15(6-7-15)10-4-3-5-11(16)8-10/h1,3-5,8-9H,6-7H2,(H,18,19). The third kappa shape index (κ3) is 2.43. The zero-order valence-corrected chi connectivity index (χ0v) is 12.1. The van der Waals surface area contributed by atoms with Crippen LogP contribution in [0.4, 0.5) is 0 Å². The molecule has 1 N–H and O–H groups in total. The van der Waals surface area contributed by atoms with Crippen LogP contribution in [0.25, 0.3) is 0 Å². The van der Waals surface area contributed by atoms with Gasteiger partial charge in [0, 0.05) is 10.4 Å². The van der Waals surface area contributed by atoms with Crippen LogP contribution >= 0.6 is 22.9 Å². The molecule has 1 heterocycles. The van der Waals surface area contributed by atoms with Gasteiger partial charge in [-0.1, -0.05) is 23.7 Å². The summed E-state index contributed by atoms with van der Waals surface area (Å²) in [5.74, 6) is 2.24. The number of terminal acetylenes is 1. The van der Waals surface area contributed by atoms with Gasteiger partial charge in [0.05, 0.1) is 5.54 Å². The van der Waals surface area contributed by atoms with E-state index in [4.69, 9.17) is 18.0 Å². The fourth-order valence-corrected chi connectivity index (χ4v) is 2.92. The second-order valence-electron chi connectivity index (χ2n) is 4.73. The molecule has 1 aliphatic rings. The molecule has 1 amide bonds. The van der Waals surface area contributed by atoms with Gasteiger partial charge in [0.15, 0.2) is 5.01 Å². The maximum atomic E-state index is 12.2. The SMILES string of the molecule is C#Cc1nc(C(=O)NC2(c3cccc(Cl)c3)CC2)cs1. The van der Waals surface area contributed by atoms with Crippen LogP contribution in [0.3, 0.4) is 0 Å². The van der Waals surface area contributed by atoms with E-state index in [9.17, 15) is 4.79 Å². The molecule has 1 saturated carbocycles. The van der Waals surface area contributed by atoms with Gasteiger partial charge in [-0.2, -0.15) is 0 Å². The molecular weight excluding hydrogens is 292 g/mol. The number of aromatic nitrogens is 1. The van der Waals surface area contributed by atoms with Gasteiger partial charge < -0.3 is 5.32 Å². The summed E-state index contributed by atoms with van der Waals surface area (Å²) >= 11 is 7.30. The minimum absolute atomic E-state index is 0.194. The molecule has 0 aliphatic heterocycles. The topological polar surface area (TPSA) is 42.0 Å². The first-order valence-corrected chi connectivity index (χ1v) is 7.39. The van der Waals surface area contributed by atoms with Crippen molar-refractivity contribution >= 4 is 28.8 Å². The summed E-state index contributed by atoms with van der Waals surface area (Å²) < 4.78 is 0. The monoisotopic (exact) mass is 302 g/mol. The van der Waals surface area contributed by atoms with Gasteiger partial charge in [-0.25, -0.2) is 4.98 Å². The molecule has 5 heteroatoms.